The van der Waals surface area contributed by atoms with E-state index in [1.165, 1.54) is 0 Å². The Morgan fingerprint density at radius 2 is 2.00 bits per heavy atom. The first-order chi connectivity index (χ1) is 13.0. The number of rotatable bonds is 2. The maximum absolute atomic E-state index is 4.90. The Kier molecular flexibility index (Phi) is 4.63. The number of aromatic nitrogens is 7. The van der Waals surface area contributed by atoms with Gasteiger partial charge in [0.2, 0.25) is 0 Å². The van der Waals surface area contributed by atoms with Crippen LogP contribution in [0.4, 0.5) is 0 Å². The van der Waals surface area contributed by atoms with Crippen LogP contribution in [0.1, 0.15) is 34.2 Å². The highest BCUT2D eigenvalue weighted by molar-refractivity contribution is 9.10. The first kappa shape index (κ1) is 18.9. The molecule has 3 aromatic heterocycles. The van der Waals surface area contributed by atoms with Crippen LogP contribution in [-0.2, 0) is 13.0 Å². The van der Waals surface area contributed by atoms with Crippen molar-refractivity contribution in [3.05, 3.63) is 63.2 Å². The highest BCUT2D eigenvalue weighted by atomic mass is 79.9. The molecule has 0 aliphatic carbocycles. The van der Waals surface area contributed by atoms with Gasteiger partial charge in [-0.3, -0.25) is 5.10 Å². The highest BCUT2D eigenvalue weighted by Gasteiger charge is 2.24. The molecule has 0 radical (unpaired) electrons. The summed E-state index contributed by atoms with van der Waals surface area (Å²) in [7, 11) is 0. The quantitative estimate of drug-likeness (QED) is 0.433. The second-order valence-corrected chi connectivity index (χ2v) is 7.82. The van der Waals surface area contributed by atoms with Crippen molar-refractivity contribution in [1.82, 2.24) is 34.5 Å². The number of hydrogen-bond acceptors (Lipinski definition) is 4. The number of benzene rings is 1. The van der Waals surface area contributed by atoms with Crippen LogP contribution in [0, 0.1) is 20.8 Å². The molecule has 0 unspecified atom stereocenters. The Hall–Kier alpha value is -2.45. The molecule has 4 aromatic rings. The molecule has 0 fully saturated rings. The van der Waals surface area contributed by atoms with Gasteiger partial charge in [0.1, 0.15) is 0 Å². The van der Waals surface area contributed by atoms with Gasteiger partial charge in [-0.2, -0.15) is 10.2 Å². The number of halogens is 2. The largest absolute Gasteiger partial charge is 0.300 e. The Labute approximate surface area is 176 Å². The van der Waals surface area contributed by atoms with Gasteiger partial charge < -0.3 is 4.57 Å². The van der Waals surface area contributed by atoms with Gasteiger partial charge >= 0.3 is 0 Å². The van der Waals surface area contributed by atoms with Gasteiger partial charge in [0, 0.05) is 27.7 Å². The molecule has 5 rings (SSSR count). The van der Waals surface area contributed by atoms with Crippen molar-refractivity contribution in [2.24, 2.45) is 0 Å². The number of aromatic amines is 1. The van der Waals surface area contributed by atoms with Gasteiger partial charge in [-0.1, -0.05) is 15.9 Å². The van der Waals surface area contributed by atoms with E-state index >= 15 is 0 Å². The lowest BCUT2D eigenvalue weighted by molar-refractivity contribution is 0.664. The minimum absolute atomic E-state index is 0. The first-order valence-corrected chi connectivity index (χ1v) is 9.58. The molecular weight excluding hydrogens is 442 g/mol. The number of H-pyrrole nitrogens is 1. The maximum atomic E-state index is 4.90. The van der Waals surface area contributed by atoms with Crippen molar-refractivity contribution in [1.29, 1.82) is 0 Å². The first-order valence-electron chi connectivity index (χ1n) is 8.78. The van der Waals surface area contributed by atoms with Crippen molar-refractivity contribution in [2.75, 3.05) is 0 Å². The van der Waals surface area contributed by atoms with Crippen LogP contribution in [0.15, 0.2) is 29.0 Å². The molecule has 1 aliphatic rings. The lowest BCUT2D eigenvalue weighted by Crippen LogP contribution is -2.06. The van der Waals surface area contributed by atoms with Crippen molar-refractivity contribution in [2.45, 2.75) is 33.7 Å². The molecule has 1 aliphatic heterocycles. The zero-order valence-corrected chi connectivity index (χ0v) is 18.1. The van der Waals surface area contributed by atoms with Crippen molar-refractivity contribution >= 4 is 28.3 Å². The third-order valence-corrected chi connectivity index (χ3v) is 5.66. The molecular formula is C19H19BrClN7. The summed E-state index contributed by atoms with van der Waals surface area (Å²) in [6.45, 7) is 6.72. The van der Waals surface area contributed by atoms with E-state index in [4.69, 9.17) is 10.1 Å². The van der Waals surface area contributed by atoms with Crippen LogP contribution < -0.4 is 0 Å². The molecule has 7 nitrogen and oxygen atoms in total. The standard InChI is InChI=1S/C19H18BrN7.ClH/c1-10-14(11(2)24-23-10)7-18-22-19-15-6-13(20)4-5-16(15)26-9-21-12(3)17(26)8-27(19)25-18;/h4-6,9H,7-8H2,1-3H3,(H,23,24);1H. The summed E-state index contributed by atoms with van der Waals surface area (Å²) in [5.41, 5.74) is 7.47. The van der Waals surface area contributed by atoms with Gasteiger partial charge in [0.25, 0.3) is 0 Å². The molecule has 144 valence electrons. The zero-order chi connectivity index (χ0) is 18.7. The second kappa shape index (κ2) is 6.86. The summed E-state index contributed by atoms with van der Waals surface area (Å²) in [6.07, 6.45) is 2.54. The summed E-state index contributed by atoms with van der Waals surface area (Å²) < 4.78 is 5.13. The van der Waals surface area contributed by atoms with Crippen molar-refractivity contribution in [3.8, 4) is 17.1 Å². The smallest absolute Gasteiger partial charge is 0.160 e. The van der Waals surface area contributed by atoms with Gasteiger partial charge in [0.05, 0.1) is 35.6 Å². The Morgan fingerprint density at radius 3 is 2.75 bits per heavy atom. The van der Waals surface area contributed by atoms with Gasteiger partial charge in [-0.15, -0.1) is 12.4 Å². The fourth-order valence-electron chi connectivity index (χ4n) is 3.67. The SMILES string of the molecule is Cc1n[nH]c(C)c1Cc1nc2n(n1)Cc1c(C)ncn1-c1ccc(Br)cc1-2.Cl. The van der Waals surface area contributed by atoms with Crippen LogP contribution in [0.25, 0.3) is 17.1 Å². The molecule has 4 heterocycles. The van der Waals surface area contributed by atoms with E-state index in [-0.39, 0.29) is 12.4 Å². The van der Waals surface area contributed by atoms with E-state index in [1.807, 2.05) is 37.8 Å². The fourth-order valence-corrected chi connectivity index (χ4v) is 4.03. The van der Waals surface area contributed by atoms with E-state index < -0.39 is 0 Å². The molecule has 0 bridgehead atoms. The Bertz CT molecular complexity index is 1170. The number of fused-ring (bicyclic) bond motifs is 5. The molecule has 9 heteroatoms. The number of aryl methyl sites for hydroxylation is 3. The molecule has 0 atom stereocenters. The second-order valence-electron chi connectivity index (χ2n) is 6.91. The molecule has 0 saturated carbocycles. The highest BCUT2D eigenvalue weighted by Crippen LogP contribution is 2.33. The van der Waals surface area contributed by atoms with E-state index in [0.29, 0.717) is 13.0 Å². The van der Waals surface area contributed by atoms with E-state index in [1.54, 1.807) is 0 Å². The lowest BCUT2D eigenvalue weighted by Gasteiger charge is -2.08. The van der Waals surface area contributed by atoms with Crippen molar-refractivity contribution < 1.29 is 0 Å². The minimum atomic E-state index is 0. The predicted molar refractivity (Wildman–Crippen MR) is 112 cm³/mol. The number of hydrogen-bond donors (Lipinski definition) is 1. The average Bonchev–Trinajstić information content (AvgIpc) is 3.28. The Balaban J connectivity index is 0.00000192. The molecule has 0 spiro atoms. The molecule has 1 N–H and O–H groups in total. The maximum Gasteiger partial charge on any atom is 0.160 e. The minimum Gasteiger partial charge on any atom is -0.300 e. The van der Waals surface area contributed by atoms with Crippen LogP contribution in [-0.4, -0.2) is 34.5 Å². The molecule has 28 heavy (non-hydrogen) atoms. The topological polar surface area (TPSA) is 77.2 Å². The van der Waals surface area contributed by atoms with E-state index in [2.05, 4.69) is 47.8 Å². The normalized spacial score (nSPS) is 12.0. The number of nitrogens with zero attached hydrogens (tertiary/aromatic N) is 6. The fraction of sp³-hybridized carbons (Fsp3) is 0.263. The summed E-state index contributed by atoms with van der Waals surface area (Å²) in [4.78, 5) is 9.40. The third kappa shape index (κ3) is 2.87. The van der Waals surface area contributed by atoms with Crippen LogP contribution in [0.5, 0.6) is 0 Å². The van der Waals surface area contributed by atoms with Crippen LogP contribution >= 0.6 is 28.3 Å². The Morgan fingerprint density at radius 1 is 1.18 bits per heavy atom. The number of imidazole rings is 1. The molecule has 0 amide bonds. The van der Waals surface area contributed by atoms with E-state index in [9.17, 15) is 0 Å². The number of nitrogens with one attached hydrogen (secondary N) is 1. The van der Waals surface area contributed by atoms with E-state index in [0.717, 1.165) is 55.7 Å². The van der Waals surface area contributed by atoms with Gasteiger partial charge in [-0.05, 0) is 39.0 Å². The van der Waals surface area contributed by atoms with Crippen LogP contribution in [0.2, 0.25) is 0 Å². The lowest BCUT2D eigenvalue weighted by atomic mass is 10.1. The van der Waals surface area contributed by atoms with Gasteiger partial charge in [-0.25, -0.2) is 14.6 Å². The van der Waals surface area contributed by atoms with Gasteiger partial charge in [0.15, 0.2) is 11.6 Å². The summed E-state index contributed by atoms with van der Waals surface area (Å²) in [5.74, 6) is 1.68. The van der Waals surface area contributed by atoms with Crippen LogP contribution in [0.3, 0.4) is 0 Å². The monoisotopic (exact) mass is 459 g/mol. The summed E-state index contributed by atoms with van der Waals surface area (Å²) in [5, 5.41) is 12.1. The average molecular weight is 461 g/mol. The zero-order valence-electron chi connectivity index (χ0n) is 15.7. The molecule has 0 saturated heterocycles. The predicted octanol–water partition coefficient (Wildman–Crippen LogP) is 3.92. The third-order valence-electron chi connectivity index (χ3n) is 5.17. The summed E-state index contributed by atoms with van der Waals surface area (Å²) in [6, 6.07) is 6.24. The van der Waals surface area contributed by atoms with Crippen molar-refractivity contribution in [3.63, 3.8) is 0 Å². The summed E-state index contributed by atoms with van der Waals surface area (Å²) >= 11 is 3.59. The molecule has 1 aromatic carbocycles.